The first-order chi connectivity index (χ1) is 11.0. The average Bonchev–Trinajstić information content (AvgIpc) is 2.93. The molecule has 1 heterocycles. The van der Waals surface area contributed by atoms with Crippen molar-refractivity contribution in [2.45, 2.75) is 6.92 Å². The van der Waals surface area contributed by atoms with Gasteiger partial charge in [-0.25, -0.2) is 13.5 Å². The van der Waals surface area contributed by atoms with E-state index < -0.39 is 11.6 Å². The van der Waals surface area contributed by atoms with Crippen LogP contribution in [0.15, 0.2) is 36.5 Å². The number of aromatic hydroxyl groups is 1. The molecule has 0 unspecified atom stereocenters. The molecule has 0 aliphatic carbocycles. The highest BCUT2D eigenvalue weighted by atomic mass is 127. The molecule has 0 saturated carbocycles. The van der Waals surface area contributed by atoms with Crippen molar-refractivity contribution < 1.29 is 13.9 Å². The van der Waals surface area contributed by atoms with E-state index in [-0.39, 0.29) is 17.3 Å². The number of halogens is 3. The van der Waals surface area contributed by atoms with Gasteiger partial charge in [0.25, 0.3) is 5.88 Å². The number of aryl methyl sites for hydroxylation is 1. The third-order valence-electron chi connectivity index (χ3n) is 3.25. The molecule has 3 rings (SSSR count). The van der Waals surface area contributed by atoms with E-state index in [9.17, 15) is 13.9 Å². The smallest absolute Gasteiger partial charge is 0.251 e. The first-order valence-corrected chi connectivity index (χ1v) is 7.66. The van der Waals surface area contributed by atoms with Crippen LogP contribution in [0.25, 0.3) is 5.69 Å². The zero-order valence-electron chi connectivity index (χ0n) is 11.9. The molecule has 0 saturated heterocycles. The van der Waals surface area contributed by atoms with Crippen molar-refractivity contribution in [2.75, 3.05) is 5.32 Å². The maximum Gasteiger partial charge on any atom is 0.251 e. The van der Waals surface area contributed by atoms with Gasteiger partial charge in [0.2, 0.25) is 0 Å². The van der Waals surface area contributed by atoms with Crippen molar-refractivity contribution in [3.8, 4) is 11.6 Å². The average molecular weight is 428 g/mol. The SMILES string of the molecule is Cc1cc(I)ccc1Nc1c(-n2cc(O)nn2)ccc(F)c1F. The van der Waals surface area contributed by atoms with E-state index in [2.05, 4.69) is 38.2 Å². The molecule has 0 spiro atoms. The van der Waals surface area contributed by atoms with Crippen molar-refractivity contribution in [1.82, 2.24) is 15.0 Å². The van der Waals surface area contributed by atoms with Crippen LogP contribution in [0.3, 0.4) is 0 Å². The van der Waals surface area contributed by atoms with Crippen molar-refractivity contribution in [2.24, 2.45) is 0 Å². The number of aromatic nitrogens is 3. The topological polar surface area (TPSA) is 63.0 Å². The second-order valence-electron chi connectivity index (χ2n) is 4.86. The van der Waals surface area contributed by atoms with Crippen molar-refractivity contribution in [3.05, 3.63) is 57.3 Å². The number of anilines is 2. The Bertz CT molecular complexity index is 882. The predicted octanol–water partition coefficient (Wildman–Crippen LogP) is 3.91. The lowest BCUT2D eigenvalue weighted by Crippen LogP contribution is -2.06. The molecule has 0 amide bonds. The third-order valence-corrected chi connectivity index (χ3v) is 3.92. The van der Waals surface area contributed by atoms with E-state index in [4.69, 9.17) is 0 Å². The Balaban J connectivity index is 2.11. The van der Waals surface area contributed by atoms with Crippen LogP contribution >= 0.6 is 22.6 Å². The van der Waals surface area contributed by atoms with Crippen LogP contribution in [-0.4, -0.2) is 20.1 Å². The zero-order valence-corrected chi connectivity index (χ0v) is 14.0. The van der Waals surface area contributed by atoms with E-state index >= 15 is 0 Å². The van der Waals surface area contributed by atoms with Crippen LogP contribution in [0.4, 0.5) is 20.2 Å². The number of nitrogens with zero attached hydrogens (tertiary/aromatic N) is 3. The molecule has 3 aromatic rings. The highest BCUT2D eigenvalue weighted by molar-refractivity contribution is 14.1. The molecule has 0 aliphatic rings. The van der Waals surface area contributed by atoms with Gasteiger partial charge in [0.05, 0.1) is 11.9 Å². The van der Waals surface area contributed by atoms with Gasteiger partial charge in [-0.1, -0.05) is 10.3 Å². The molecule has 0 fully saturated rings. The Morgan fingerprint density at radius 1 is 1.22 bits per heavy atom. The minimum atomic E-state index is -1.03. The van der Waals surface area contributed by atoms with Crippen molar-refractivity contribution in [3.63, 3.8) is 0 Å². The van der Waals surface area contributed by atoms with Gasteiger partial charge in [-0.2, -0.15) is 0 Å². The van der Waals surface area contributed by atoms with Gasteiger partial charge in [-0.3, -0.25) is 0 Å². The minimum Gasteiger partial charge on any atom is -0.491 e. The fourth-order valence-electron chi connectivity index (χ4n) is 2.13. The summed E-state index contributed by atoms with van der Waals surface area (Å²) in [6, 6.07) is 7.91. The highest BCUT2D eigenvalue weighted by Gasteiger charge is 2.17. The molecule has 8 heteroatoms. The van der Waals surface area contributed by atoms with Crippen molar-refractivity contribution in [1.29, 1.82) is 0 Å². The third kappa shape index (κ3) is 3.11. The summed E-state index contributed by atoms with van der Waals surface area (Å²) < 4.78 is 30.1. The van der Waals surface area contributed by atoms with Crippen LogP contribution in [0.2, 0.25) is 0 Å². The summed E-state index contributed by atoms with van der Waals surface area (Å²) in [5.74, 6) is -2.33. The molecular formula is C15H11F2IN4O. The van der Waals surface area contributed by atoms with E-state index in [0.717, 1.165) is 15.2 Å². The van der Waals surface area contributed by atoms with Gasteiger partial charge in [0, 0.05) is 9.26 Å². The molecule has 0 atom stereocenters. The second-order valence-corrected chi connectivity index (χ2v) is 6.11. The Morgan fingerprint density at radius 2 is 2.00 bits per heavy atom. The molecule has 2 aromatic carbocycles. The van der Waals surface area contributed by atoms with Crippen LogP contribution in [-0.2, 0) is 0 Å². The van der Waals surface area contributed by atoms with Crippen LogP contribution in [0, 0.1) is 22.1 Å². The van der Waals surface area contributed by atoms with Gasteiger partial charge in [-0.15, -0.1) is 0 Å². The highest BCUT2D eigenvalue weighted by Crippen LogP contribution is 2.31. The fourth-order valence-corrected chi connectivity index (χ4v) is 2.77. The minimum absolute atomic E-state index is 0.0841. The van der Waals surface area contributed by atoms with Crippen LogP contribution in [0.1, 0.15) is 5.56 Å². The van der Waals surface area contributed by atoms with E-state index in [1.807, 2.05) is 19.1 Å². The lowest BCUT2D eigenvalue weighted by Gasteiger charge is -2.15. The van der Waals surface area contributed by atoms with E-state index in [1.165, 1.54) is 16.9 Å². The van der Waals surface area contributed by atoms with Gasteiger partial charge in [0.1, 0.15) is 5.69 Å². The summed E-state index contributed by atoms with van der Waals surface area (Å²) in [5.41, 5.74) is 1.67. The first kappa shape index (κ1) is 15.7. The molecule has 0 aliphatic heterocycles. The number of hydrogen-bond acceptors (Lipinski definition) is 4. The summed E-state index contributed by atoms with van der Waals surface area (Å²) >= 11 is 2.17. The Hall–Kier alpha value is -2.23. The van der Waals surface area contributed by atoms with Gasteiger partial charge in [-0.05, 0) is 65.4 Å². The largest absolute Gasteiger partial charge is 0.491 e. The molecule has 1 aromatic heterocycles. The summed E-state index contributed by atoms with van der Waals surface area (Å²) in [5, 5.41) is 19.3. The van der Waals surface area contributed by atoms with Crippen LogP contribution < -0.4 is 5.32 Å². The molecule has 2 N–H and O–H groups in total. The lowest BCUT2D eigenvalue weighted by atomic mass is 10.1. The number of benzene rings is 2. The fraction of sp³-hybridized carbons (Fsp3) is 0.0667. The van der Waals surface area contributed by atoms with Crippen molar-refractivity contribution >= 4 is 34.0 Å². The quantitative estimate of drug-likeness (QED) is 0.622. The number of rotatable bonds is 3. The number of nitrogens with one attached hydrogen (secondary N) is 1. The first-order valence-electron chi connectivity index (χ1n) is 6.58. The molecule has 118 valence electrons. The zero-order chi connectivity index (χ0) is 16.6. The maximum atomic E-state index is 14.3. The molecule has 0 radical (unpaired) electrons. The van der Waals surface area contributed by atoms with E-state index in [0.29, 0.717) is 5.69 Å². The lowest BCUT2D eigenvalue weighted by molar-refractivity contribution is 0.452. The summed E-state index contributed by atoms with van der Waals surface area (Å²) in [4.78, 5) is 0. The maximum absolute atomic E-state index is 14.3. The molecule has 23 heavy (non-hydrogen) atoms. The Labute approximate surface area is 144 Å². The Kier molecular flexibility index (Phi) is 4.16. The molecule has 0 bridgehead atoms. The summed E-state index contributed by atoms with van der Waals surface area (Å²) in [6.07, 6.45) is 1.21. The Morgan fingerprint density at radius 3 is 2.65 bits per heavy atom. The molecule has 5 nitrogen and oxygen atoms in total. The second kappa shape index (κ2) is 6.11. The standard InChI is InChI=1S/C15H11F2IN4O/c1-8-6-9(18)2-4-11(8)19-15-12(5-3-10(16)14(15)17)22-7-13(23)20-21-22/h2-7,19,23H,1H3. The monoisotopic (exact) mass is 428 g/mol. The summed E-state index contributed by atoms with van der Waals surface area (Å²) in [7, 11) is 0. The van der Waals surface area contributed by atoms with E-state index in [1.54, 1.807) is 6.07 Å². The van der Waals surface area contributed by atoms with Gasteiger partial charge >= 0.3 is 0 Å². The van der Waals surface area contributed by atoms with Crippen LogP contribution in [0.5, 0.6) is 5.88 Å². The van der Waals surface area contributed by atoms with Gasteiger partial charge in [0.15, 0.2) is 11.6 Å². The normalized spacial score (nSPS) is 10.8. The summed E-state index contributed by atoms with van der Waals surface area (Å²) in [6.45, 7) is 1.86. The molecular weight excluding hydrogens is 417 g/mol. The van der Waals surface area contributed by atoms with Gasteiger partial charge < -0.3 is 10.4 Å². The predicted molar refractivity (Wildman–Crippen MR) is 90.1 cm³/mol. The number of hydrogen-bond donors (Lipinski definition) is 2.